The third-order valence-electron chi connectivity index (χ3n) is 6.41. The van der Waals surface area contributed by atoms with Crippen molar-refractivity contribution in [3.8, 4) is 0 Å². The molecule has 2 aromatic carbocycles. The molecule has 9 nitrogen and oxygen atoms in total. The summed E-state index contributed by atoms with van der Waals surface area (Å²) in [6.45, 7) is 3.09. The number of carbonyl (C=O) groups is 2. The summed E-state index contributed by atoms with van der Waals surface area (Å²) in [4.78, 5) is 29.6. The molecule has 2 heterocycles. The number of aliphatic hydroxyl groups excluding tert-OH is 1. The summed E-state index contributed by atoms with van der Waals surface area (Å²) in [6, 6.07) is 10.00. The van der Waals surface area contributed by atoms with Gasteiger partial charge in [-0.15, -0.1) is 0 Å². The van der Waals surface area contributed by atoms with Gasteiger partial charge >= 0.3 is 0 Å². The number of halogens is 1. The summed E-state index contributed by atoms with van der Waals surface area (Å²) in [5.74, 6) is -2.86. The third-order valence-corrected chi connectivity index (χ3v) is 8.24. The summed E-state index contributed by atoms with van der Waals surface area (Å²) in [5.41, 5.74) is -0.0115. The Labute approximate surface area is 209 Å². The lowest BCUT2D eigenvalue weighted by Crippen LogP contribution is -2.42. The maximum Gasteiger partial charge on any atom is 0.295 e. The molecule has 0 bridgehead atoms. The van der Waals surface area contributed by atoms with Crippen molar-refractivity contribution in [3.63, 3.8) is 0 Å². The van der Waals surface area contributed by atoms with Gasteiger partial charge in [0.15, 0.2) is 0 Å². The third kappa shape index (κ3) is 4.92. The van der Waals surface area contributed by atoms with Crippen molar-refractivity contribution in [2.45, 2.75) is 10.9 Å². The molecule has 2 fully saturated rings. The van der Waals surface area contributed by atoms with Gasteiger partial charge in [0.1, 0.15) is 11.6 Å². The smallest absolute Gasteiger partial charge is 0.295 e. The molecule has 1 N–H and O–H groups in total. The molecule has 1 atom stereocenters. The van der Waals surface area contributed by atoms with Crippen LogP contribution >= 0.6 is 0 Å². The maximum absolute atomic E-state index is 14.9. The van der Waals surface area contributed by atoms with Crippen molar-refractivity contribution >= 4 is 27.5 Å². The first-order valence-corrected chi connectivity index (χ1v) is 12.9. The normalized spacial score (nSPS) is 20.9. The van der Waals surface area contributed by atoms with Crippen LogP contribution in [0.2, 0.25) is 0 Å². The van der Waals surface area contributed by atoms with Crippen LogP contribution in [-0.4, -0.2) is 92.8 Å². The number of sulfonamides is 1. The number of hydrogen-bond acceptors (Lipinski definition) is 7. The van der Waals surface area contributed by atoms with Crippen LogP contribution in [0, 0.1) is 5.82 Å². The Morgan fingerprint density at radius 3 is 2.31 bits per heavy atom. The average molecular weight is 518 g/mol. The standard InChI is InChI=1S/C25H28FN3O6S/c1-27(2)36(33,34)18-9-7-17(8-10-18)23(30)21-22(19-5-3-4-6-20(19)26)29(25(32)24(21)31)12-11-28-13-15-35-16-14-28/h3-10,22,30H,11-16H2,1-2H3/t22-/m1/s1. The highest BCUT2D eigenvalue weighted by atomic mass is 32.2. The van der Waals surface area contributed by atoms with E-state index >= 15 is 0 Å². The van der Waals surface area contributed by atoms with Crippen molar-refractivity contribution in [2.75, 3.05) is 53.5 Å². The molecule has 2 saturated heterocycles. The number of morpholine rings is 1. The number of nitrogens with zero attached hydrogens (tertiary/aromatic N) is 3. The van der Waals surface area contributed by atoms with E-state index in [9.17, 15) is 27.5 Å². The lowest BCUT2D eigenvalue weighted by molar-refractivity contribution is -0.140. The second-order valence-corrected chi connectivity index (χ2v) is 10.9. The summed E-state index contributed by atoms with van der Waals surface area (Å²) >= 11 is 0. The van der Waals surface area contributed by atoms with Crippen LogP contribution in [0.1, 0.15) is 17.2 Å². The minimum atomic E-state index is -3.70. The van der Waals surface area contributed by atoms with Crippen molar-refractivity contribution in [1.82, 2.24) is 14.1 Å². The van der Waals surface area contributed by atoms with Gasteiger partial charge < -0.3 is 14.7 Å². The Morgan fingerprint density at radius 2 is 1.69 bits per heavy atom. The number of ketones is 1. The van der Waals surface area contributed by atoms with Gasteiger partial charge in [0.25, 0.3) is 11.7 Å². The van der Waals surface area contributed by atoms with Gasteiger partial charge in [0, 0.05) is 51.4 Å². The molecule has 0 radical (unpaired) electrons. The molecule has 0 spiro atoms. The number of benzene rings is 2. The summed E-state index contributed by atoms with van der Waals surface area (Å²) in [6.07, 6.45) is 0. The molecule has 0 aromatic heterocycles. The highest BCUT2D eigenvalue weighted by Gasteiger charge is 2.46. The second kappa shape index (κ2) is 10.5. The molecule has 0 saturated carbocycles. The SMILES string of the molecule is CN(C)S(=O)(=O)c1ccc(C(O)=C2C(=O)C(=O)N(CCN3CCOCC3)[C@@H]2c2ccccc2F)cc1. The topological polar surface area (TPSA) is 107 Å². The van der Waals surface area contributed by atoms with Gasteiger partial charge in [-0.25, -0.2) is 17.1 Å². The molecule has 0 unspecified atom stereocenters. The number of aliphatic hydroxyl groups is 1. The zero-order valence-electron chi connectivity index (χ0n) is 20.1. The Kier molecular flexibility index (Phi) is 7.55. The minimum Gasteiger partial charge on any atom is -0.507 e. The fourth-order valence-corrected chi connectivity index (χ4v) is 5.26. The summed E-state index contributed by atoms with van der Waals surface area (Å²) in [7, 11) is -0.903. The first kappa shape index (κ1) is 26.0. The fourth-order valence-electron chi connectivity index (χ4n) is 4.36. The molecule has 192 valence electrons. The highest BCUT2D eigenvalue weighted by molar-refractivity contribution is 7.89. The van der Waals surface area contributed by atoms with Crippen LogP contribution < -0.4 is 0 Å². The second-order valence-electron chi connectivity index (χ2n) is 8.78. The zero-order valence-corrected chi connectivity index (χ0v) is 20.9. The highest BCUT2D eigenvalue weighted by Crippen LogP contribution is 2.40. The number of rotatable bonds is 7. The van der Waals surface area contributed by atoms with E-state index in [1.807, 2.05) is 0 Å². The van der Waals surface area contributed by atoms with E-state index in [0.29, 0.717) is 32.8 Å². The Morgan fingerprint density at radius 1 is 1.06 bits per heavy atom. The molecular weight excluding hydrogens is 489 g/mol. The number of likely N-dealkylation sites (tertiary alicyclic amines) is 1. The number of carbonyl (C=O) groups excluding carboxylic acids is 2. The van der Waals surface area contributed by atoms with Gasteiger partial charge in [-0.2, -0.15) is 0 Å². The van der Waals surface area contributed by atoms with Gasteiger partial charge in [0.05, 0.1) is 29.7 Å². The lowest BCUT2D eigenvalue weighted by atomic mass is 9.95. The van der Waals surface area contributed by atoms with Crippen molar-refractivity contribution < 1.29 is 32.2 Å². The van der Waals surface area contributed by atoms with Crippen LogP contribution in [0.15, 0.2) is 59.0 Å². The summed E-state index contributed by atoms with van der Waals surface area (Å²) in [5, 5.41) is 11.1. The fraction of sp³-hybridized carbons (Fsp3) is 0.360. The van der Waals surface area contributed by atoms with E-state index in [1.54, 1.807) is 6.07 Å². The van der Waals surface area contributed by atoms with Crippen LogP contribution in [0.5, 0.6) is 0 Å². The maximum atomic E-state index is 14.9. The van der Waals surface area contributed by atoms with E-state index < -0.39 is 39.3 Å². The van der Waals surface area contributed by atoms with Gasteiger partial charge in [-0.1, -0.05) is 18.2 Å². The van der Waals surface area contributed by atoms with Crippen LogP contribution in [0.4, 0.5) is 4.39 Å². The number of ether oxygens (including phenoxy) is 1. The molecule has 2 aliphatic rings. The summed E-state index contributed by atoms with van der Waals surface area (Å²) < 4.78 is 46.1. The molecule has 2 aliphatic heterocycles. The molecule has 2 aromatic rings. The van der Waals surface area contributed by atoms with Crippen molar-refractivity contribution in [1.29, 1.82) is 0 Å². The first-order chi connectivity index (χ1) is 17.1. The van der Waals surface area contributed by atoms with Crippen molar-refractivity contribution in [2.24, 2.45) is 0 Å². The Bertz CT molecular complexity index is 1290. The predicted octanol–water partition coefficient (Wildman–Crippen LogP) is 1.83. The van der Waals surface area contributed by atoms with E-state index in [4.69, 9.17) is 4.74 Å². The molecule has 0 aliphatic carbocycles. The van der Waals surface area contributed by atoms with Gasteiger partial charge in [-0.05, 0) is 30.3 Å². The number of amides is 1. The number of Topliss-reactive ketones (excluding diaryl/α,β-unsaturated/α-hetero) is 1. The monoisotopic (exact) mass is 517 g/mol. The van der Waals surface area contributed by atoms with Crippen LogP contribution in [0.3, 0.4) is 0 Å². The first-order valence-electron chi connectivity index (χ1n) is 11.5. The van der Waals surface area contributed by atoms with E-state index in [1.165, 1.54) is 61.5 Å². The molecule has 1 amide bonds. The van der Waals surface area contributed by atoms with E-state index in [-0.39, 0.29) is 28.1 Å². The van der Waals surface area contributed by atoms with Gasteiger partial charge in [0.2, 0.25) is 10.0 Å². The van der Waals surface area contributed by atoms with E-state index in [2.05, 4.69) is 4.90 Å². The molecule has 36 heavy (non-hydrogen) atoms. The quantitative estimate of drug-likeness (QED) is 0.339. The minimum absolute atomic E-state index is 0.000617. The molecular formula is C25H28FN3O6S. The average Bonchev–Trinajstić information content (AvgIpc) is 3.12. The van der Waals surface area contributed by atoms with Crippen LogP contribution in [-0.2, 0) is 24.3 Å². The largest absolute Gasteiger partial charge is 0.507 e. The molecule has 4 rings (SSSR count). The van der Waals surface area contributed by atoms with Gasteiger partial charge in [-0.3, -0.25) is 14.5 Å². The molecule has 11 heteroatoms. The lowest BCUT2D eigenvalue weighted by Gasteiger charge is -2.31. The number of hydrogen-bond donors (Lipinski definition) is 1. The van der Waals surface area contributed by atoms with Crippen molar-refractivity contribution in [3.05, 3.63) is 71.0 Å². The van der Waals surface area contributed by atoms with Crippen LogP contribution in [0.25, 0.3) is 5.76 Å². The predicted molar refractivity (Wildman–Crippen MR) is 130 cm³/mol. The Hall–Kier alpha value is -3.12. The zero-order chi connectivity index (χ0) is 26.0. The Balaban J connectivity index is 1.74. The van der Waals surface area contributed by atoms with E-state index in [0.717, 1.165) is 4.31 Å².